The molecular weight excluding hydrogens is 357 g/mol. The SMILES string of the molecule is CC(c1ccccc1)N1CCC(NC(=O)CNC(=O)Cc2cccc(F)c2)C1. The highest BCUT2D eigenvalue weighted by atomic mass is 19.1. The summed E-state index contributed by atoms with van der Waals surface area (Å²) in [5.41, 5.74) is 1.85. The van der Waals surface area contributed by atoms with E-state index in [0.717, 1.165) is 19.5 Å². The topological polar surface area (TPSA) is 61.4 Å². The molecule has 2 unspecified atom stereocenters. The van der Waals surface area contributed by atoms with E-state index in [2.05, 4.69) is 34.6 Å². The highest BCUT2D eigenvalue weighted by molar-refractivity contribution is 5.85. The molecule has 0 aromatic heterocycles. The lowest BCUT2D eigenvalue weighted by atomic mass is 10.1. The van der Waals surface area contributed by atoms with Gasteiger partial charge in [-0.15, -0.1) is 0 Å². The average Bonchev–Trinajstić information content (AvgIpc) is 3.15. The fourth-order valence-electron chi connectivity index (χ4n) is 3.55. The highest BCUT2D eigenvalue weighted by Gasteiger charge is 2.27. The fraction of sp³-hybridized carbons (Fsp3) is 0.364. The monoisotopic (exact) mass is 383 g/mol. The van der Waals surface area contributed by atoms with Gasteiger partial charge in [-0.1, -0.05) is 42.5 Å². The van der Waals surface area contributed by atoms with Gasteiger partial charge in [-0.3, -0.25) is 14.5 Å². The molecule has 0 radical (unpaired) electrons. The Labute approximate surface area is 164 Å². The predicted molar refractivity (Wildman–Crippen MR) is 106 cm³/mol. The Morgan fingerprint density at radius 1 is 1.14 bits per heavy atom. The Morgan fingerprint density at radius 3 is 2.68 bits per heavy atom. The molecular formula is C22H26FN3O2. The van der Waals surface area contributed by atoms with Crippen LogP contribution in [-0.4, -0.2) is 42.4 Å². The summed E-state index contributed by atoms with van der Waals surface area (Å²) in [5.74, 6) is -0.878. The maximum absolute atomic E-state index is 13.2. The molecule has 1 aliphatic heterocycles. The van der Waals surface area contributed by atoms with E-state index < -0.39 is 0 Å². The van der Waals surface area contributed by atoms with E-state index in [9.17, 15) is 14.0 Å². The molecule has 2 aromatic carbocycles. The van der Waals surface area contributed by atoms with Crippen molar-refractivity contribution < 1.29 is 14.0 Å². The number of amides is 2. The first-order valence-electron chi connectivity index (χ1n) is 9.61. The number of nitrogens with zero attached hydrogens (tertiary/aromatic N) is 1. The van der Waals surface area contributed by atoms with Crippen LogP contribution in [0, 0.1) is 5.82 Å². The van der Waals surface area contributed by atoms with E-state index in [1.807, 2.05) is 18.2 Å². The minimum absolute atomic E-state index is 0.0524. The van der Waals surface area contributed by atoms with Crippen LogP contribution >= 0.6 is 0 Å². The van der Waals surface area contributed by atoms with E-state index >= 15 is 0 Å². The van der Waals surface area contributed by atoms with Crippen molar-refractivity contribution in [3.05, 3.63) is 71.5 Å². The molecule has 28 heavy (non-hydrogen) atoms. The lowest BCUT2D eigenvalue weighted by Crippen LogP contribution is -2.43. The van der Waals surface area contributed by atoms with E-state index in [1.165, 1.54) is 17.7 Å². The maximum atomic E-state index is 13.2. The lowest BCUT2D eigenvalue weighted by Gasteiger charge is -2.24. The number of benzene rings is 2. The maximum Gasteiger partial charge on any atom is 0.239 e. The summed E-state index contributed by atoms with van der Waals surface area (Å²) in [5, 5.41) is 5.59. The predicted octanol–water partition coefficient (Wildman–Crippen LogP) is 2.44. The molecule has 1 heterocycles. The van der Waals surface area contributed by atoms with Gasteiger partial charge in [-0.05, 0) is 36.6 Å². The Kier molecular flexibility index (Phi) is 6.76. The van der Waals surface area contributed by atoms with Crippen molar-refractivity contribution >= 4 is 11.8 Å². The number of nitrogens with one attached hydrogen (secondary N) is 2. The van der Waals surface area contributed by atoms with Crippen LogP contribution in [0.25, 0.3) is 0 Å². The molecule has 1 aliphatic rings. The Bertz CT molecular complexity index is 812. The molecule has 148 valence electrons. The molecule has 0 aliphatic carbocycles. The third-order valence-corrected chi connectivity index (χ3v) is 5.11. The zero-order valence-corrected chi connectivity index (χ0v) is 16.0. The van der Waals surface area contributed by atoms with Crippen molar-refractivity contribution in [3.63, 3.8) is 0 Å². The van der Waals surface area contributed by atoms with Gasteiger partial charge in [0.1, 0.15) is 5.82 Å². The molecule has 1 fully saturated rings. The van der Waals surface area contributed by atoms with E-state index in [1.54, 1.807) is 12.1 Å². The quantitative estimate of drug-likeness (QED) is 0.772. The second kappa shape index (κ2) is 9.46. The van der Waals surface area contributed by atoms with Gasteiger partial charge < -0.3 is 10.6 Å². The third kappa shape index (κ3) is 5.63. The molecule has 6 heteroatoms. The third-order valence-electron chi connectivity index (χ3n) is 5.11. The van der Waals surface area contributed by atoms with Gasteiger partial charge in [-0.25, -0.2) is 4.39 Å². The van der Waals surface area contributed by atoms with Gasteiger partial charge in [-0.2, -0.15) is 0 Å². The molecule has 0 spiro atoms. The molecule has 2 aromatic rings. The summed E-state index contributed by atoms with van der Waals surface area (Å²) in [7, 11) is 0. The van der Waals surface area contributed by atoms with Gasteiger partial charge in [0.05, 0.1) is 13.0 Å². The Hall–Kier alpha value is -2.73. The summed E-state index contributed by atoms with van der Waals surface area (Å²) >= 11 is 0. The molecule has 2 N–H and O–H groups in total. The van der Waals surface area contributed by atoms with Crippen LogP contribution in [0.4, 0.5) is 4.39 Å². The number of halogens is 1. The fourth-order valence-corrected chi connectivity index (χ4v) is 3.55. The minimum Gasteiger partial charge on any atom is -0.350 e. The van der Waals surface area contributed by atoms with Crippen LogP contribution in [0.1, 0.15) is 30.5 Å². The average molecular weight is 383 g/mol. The summed E-state index contributed by atoms with van der Waals surface area (Å²) in [6.07, 6.45) is 0.941. The van der Waals surface area contributed by atoms with Crippen molar-refractivity contribution in [2.24, 2.45) is 0 Å². The molecule has 0 saturated carbocycles. The van der Waals surface area contributed by atoms with Crippen molar-refractivity contribution in [1.29, 1.82) is 0 Å². The summed E-state index contributed by atoms with van der Waals surface area (Å²) in [4.78, 5) is 26.4. The number of likely N-dealkylation sites (tertiary alicyclic amines) is 1. The molecule has 5 nitrogen and oxygen atoms in total. The molecule has 3 rings (SSSR count). The van der Waals surface area contributed by atoms with Crippen molar-refractivity contribution in [2.45, 2.75) is 31.8 Å². The Morgan fingerprint density at radius 2 is 1.93 bits per heavy atom. The second-order valence-electron chi connectivity index (χ2n) is 7.22. The van der Waals surface area contributed by atoms with Crippen LogP contribution in [-0.2, 0) is 16.0 Å². The number of carbonyl (C=O) groups excluding carboxylic acids is 2. The van der Waals surface area contributed by atoms with Gasteiger partial charge >= 0.3 is 0 Å². The first-order chi connectivity index (χ1) is 13.5. The van der Waals surface area contributed by atoms with E-state index in [0.29, 0.717) is 11.6 Å². The van der Waals surface area contributed by atoms with E-state index in [4.69, 9.17) is 0 Å². The normalized spacial score (nSPS) is 17.9. The largest absolute Gasteiger partial charge is 0.350 e. The first-order valence-corrected chi connectivity index (χ1v) is 9.61. The van der Waals surface area contributed by atoms with Gasteiger partial charge in [0.2, 0.25) is 11.8 Å². The molecule has 2 amide bonds. The number of rotatable bonds is 7. The van der Waals surface area contributed by atoms with Gasteiger partial charge in [0.15, 0.2) is 0 Å². The Balaban J connectivity index is 1.40. The molecule has 2 atom stereocenters. The van der Waals surface area contributed by atoms with Crippen LogP contribution in [0.5, 0.6) is 0 Å². The summed E-state index contributed by atoms with van der Waals surface area (Å²) < 4.78 is 13.2. The highest BCUT2D eigenvalue weighted by Crippen LogP contribution is 2.24. The summed E-state index contributed by atoms with van der Waals surface area (Å²) in [6, 6.07) is 16.6. The number of carbonyl (C=O) groups is 2. The summed E-state index contributed by atoms with van der Waals surface area (Å²) in [6.45, 7) is 3.82. The molecule has 1 saturated heterocycles. The molecule has 0 bridgehead atoms. The van der Waals surface area contributed by atoms with Crippen LogP contribution in [0.2, 0.25) is 0 Å². The van der Waals surface area contributed by atoms with Gasteiger partial charge in [0, 0.05) is 25.2 Å². The van der Waals surface area contributed by atoms with Crippen LogP contribution in [0.3, 0.4) is 0 Å². The second-order valence-corrected chi connectivity index (χ2v) is 7.22. The zero-order valence-electron chi connectivity index (χ0n) is 16.0. The standard InChI is InChI=1S/C22H26FN3O2/c1-16(18-7-3-2-4-8-18)26-11-10-20(15-26)25-22(28)14-24-21(27)13-17-6-5-9-19(23)12-17/h2-9,12,16,20H,10-11,13-15H2,1H3,(H,24,27)(H,25,28). The number of hydrogen-bond donors (Lipinski definition) is 2. The van der Waals surface area contributed by atoms with Crippen molar-refractivity contribution in [2.75, 3.05) is 19.6 Å². The first kappa shape index (κ1) is 20.0. The van der Waals surface area contributed by atoms with Crippen molar-refractivity contribution in [1.82, 2.24) is 15.5 Å². The van der Waals surface area contributed by atoms with E-state index in [-0.39, 0.29) is 36.6 Å². The minimum atomic E-state index is -0.376. The number of hydrogen-bond acceptors (Lipinski definition) is 3. The lowest BCUT2D eigenvalue weighted by molar-refractivity contribution is -0.126. The van der Waals surface area contributed by atoms with Crippen LogP contribution < -0.4 is 10.6 Å². The van der Waals surface area contributed by atoms with Crippen molar-refractivity contribution in [3.8, 4) is 0 Å². The smallest absolute Gasteiger partial charge is 0.239 e. The zero-order chi connectivity index (χ0) is 19.9. The van der Waals surface area contributed by atoms with Gasteiger partial charge in [0.25, 0.3) is 0 Å². The van der Waals surface area contributed by atoms with Crippen LogP contribution in [0.15, 0.2) is 54.6 Å².